The molecule has 0 aliphatic heterocycles. The summed E-state index contributed by atoms with van der Waals surface area (Å²) in [6.45, 7) is 4.01. The topological polar surface area (TPSA) is 89.5 Å². The molecule has 7 heteroatoms. The van der Waals surface area contributed by atoms with Crippen LogP contribution in [0.3, 0.4) is 0 Å². The molecule has 1 rings (SSSR count). The molecule has 0 heterocycles. The maximum absolute atomic E-state index is 12.2. The lowest BCUT2D eigenvalue weighted by Crippen LogP contribution is -2.39. The number of benzene rings is 1. The Morgan fingerprint density at radius 3 is 2.55 bits per heavy atom. The molecule has 0 spiro atoms. The normalized spacial score (nSPS) is 11.4. The van der Waals surface area contributed by atoms with Crippen molar-refractivity contribution in [1.29, 1.82) is 0 Å². The van der Waals surface area contributed by atoms with E-state index in [0.29, 0.717) is 24.1 Å². The van der Waals surface area contributed by atoms with E-state index < -0.39 is 4.92 Å². The van der Waals surface area contributed by atoms with E-state index in [1.54, 1.807) is 19.2 Å². The van der Waals surface area contributed by atoms with Crippen LogP contribution in [0.5, 0.6) is 0 Å². The van der Waals surface area contributed by atoms with Gasteiger partial charge in [0, 0.05) is 36.8 Å². The molecule has 112 valence electrons. The number of carbonyl (C=O) groups is 1. The van der Waals surface area contributed by atoms with Crippen molar-refractivity contribution in [2.45, 2.75) is 26.3 Å². The highest BCUT2D eigenvalue weighted by atomic mass is 35.5. The van der Waals surface area contributed by atoms with Crippen LogP contribution in [0.2, 0.25) is 0 Å². The third kappa shape index (κ3) is 3.91. The van der Waals surface area contributed by atoms with Gasteiger partial charge in [-0.2, -0.15) is 0 Å². The second-order valence-electron chi connectivity index (χ2n) is 4.45. The van der Waals surface area contributed by atoms with E-state index in [4.69, 9.17) is 5.73 Å². The molecule has 0 bridgehead atoms. The van der Waals surface area contributed by atoms with Crippen molar-refractivity contribution < 1.29 is 9.72 Å². The van der Waals surface area contributed by atoms with Crippen molar-refractivity contribution in [2.75, 3.05) is 13.6 Å². The number of hydrogen-bond donors (Lipinski definition) is 1. The summed E-state index contributed by atoms with van der Waals surface area (Å²) in [7, 11) is 1.64. The fraction of sp³-hybridized carbons (Fsp3) is 0.462. The first-order valence-corrected chi connectivity index (χ1v) is 6.16. The number of rotatable bonds is 5. The van der Waals surface area contributed by atoms with E-state index in [-0.39, 0.29) is 30.0 Å². The second-order valence-corrected chi connectivity index (χ2v) is 4.45. The second kappa shape index (κ2) is 7.81. The highest BCUT2D eigenvalue weighted by molar-refractivity contribution is 5.95. The molecule has 0 saturated heterocycles. The van der Waals surface area contributed by atoms with Crippen molar-refractivity contribution in [2.24, 2.45) is 5.73 Å². The number of nitrogens with zero attached hydrogens (tertiary/aromatic N) is 2. The predicted molar refractivity (Wildman–Crippen MR) is 80.3 cm³/mol. The van der Waals surface area contributed by atoms with Gasteiger partial charge in [-0.1, -0.05) is 13.0 Å². The van der Waals surface area contributed by atoms with Crippen LogP contribution in [0.25, 0.3) is 0 Å². The van der Waals surface area contributed by atoms with Crippen molar-refractivity contribution in [3.63, 3.8) is 0 Å². The lowest BCUT2D eigenvalue weighted by Gasteiger charge is -2.23. The molecule has 2 N–H and O–H groups in total. The van der Waals surface area contributed by atoms with Crippen LogP contribution in [0.4, 0.5) is 5.69 Å². The highest BCUT2D eigenvalue weighted by Crippen LogP contribution is 2.21. The minimum atomic E-state index is -0.456. The van der Waals surface area contributed by atoms with Gasteiger partial charge in [-0.25, -0.2) is 0 Å². The molecule has 0 aliphatic rings. The van der Waals surface area contributed by atoms with Gasteiger partial charge in [-0.3, -0.25) is 14.9 Å². The summed E-state index contributed by atoms with van der Waals surface area (Å²) in [5.74, 6) is -0.260. The van der Waals surface area contributed by atoms with Crippen LogP contribution in [0.15, 0.2) is 18.2 Å². The Morgan fingerprint density at radius 2 is 2.10 bits per heavy atom. The van der Waals surface area contributed by atoms with E-state index >= 15 is 0 Å². The van der Waals surface area contributed by atoms with E-state index in [9.17, 15) is 14.9 Å². The van der Waals surface area contributed by atoms with E-state index in [0.717, 1.165) is 0 Å². The maximum Gasteiger partial charge on any atom is 0.273 e. The smallest absolute Gasteiger partial charge is 0.273 e. The number of nitro benzene ring substituents is 1. The highest BCUT2D eigenvalue weighted by Gasteiger charge is 2.20. The largest absolute Gasteiger partial charge is 0.338 e. The Bertz CT molecular complexity index is 494. The molecule has 20 heavy (non-hydrogen) atoms. The van der Waals surface area contributed by atoms with Crippen LogP contribution >= 0.6 is 12.4 Å². The SMILES string of the molecule is CCc1ccc(C(=O)N(C)C(C)CN)cc1[N+](=O)[O-].Cl. The standard InChI is InChI=1S/C13H19N3O3.ClH/c1-4-10-5-6-11(7-12(10)16(18)19)13(17)15(3)9(2)8-14;/h5-7,9H,4,8,14H2,1-3H3;1H. The van der Waals surface area contributed by atoms with Crippen molar-refractivity contribution in [3.05, 3.63) is 39.4 Å². The average molecular weight is 302 g/mol. The first kappa shape index (κ1) is 18.3. The third-order valence-electron chi connectivity index (χ3n) is 3.23. The molecule has 1 atom stereocenters. The molecule has 6 nitrogen and oxygen atoms in total. The van der Waals surface area contributed by atoms with Gasteiger partial charge in [0.05, 0.1) is 4.92 Å². The predicted octanol–water partition coefficient (Wildman–Crippen LogP) is 2.00. The van der Waals surface area contributed by atoms with Crippen LogP contribution in [-0.4, -0.2) is 35.4 Å². The number of aryl methyl sites for hydroxylation is 1. The molecule has 1 unspecified atom stereocenters. The number of amides is 1. The van der Waals surface area contributed by atoms with Crippen LogP contribution < -0.4 is 5.73 Å². The molecule has 0 fully saturated rings. The summed E-state index contributed by atoms with van der Waals surface area (Å²) in [5.41, 5.74) is 6.43. The van der Waals surface area contributed by atoms with Gasteiger partial charge in [0.25, 0.3) is 11.6 Å². The zero-order chi connectivity index (χ0) is 14.6. The van der Waals surface area contributed by atoms with Crippen LogP contribution in [0, 0.1) is 10.1 Å². The Hall–Kier alpha value is -1.66. The number of carbonyl (C=O) groups excluding carboxylic acids is 1. The van der Waals surface area contributed by atoms with Crippen LogP contribution in [-0.2, 0) is 6.42 Å². The lowest BCUT2D eigenvalue weighted by molar-refractivity contribution is -0.385. The van der Waals surface area contributed by atoms with Crippen molar-refractivity contribution >= 4 is 24.0 Å². The zero-order valence-corrected chi connectivity index (χ0v) is 12.6. The van der Waals surface area contributed by atoms with E-state index in [1.807, 2.05) is 13.8 Å². The minimum absolute atomic E-state index is 0. The molecule has 1 amide bonds. The van der Waals surface area contributed by atoms with E-state index in [1.165, 1.54) is 11.0 Å². The summed E-state index contributed by atoms with van der Waals surface area (Å²) in [5, 5.41) is 11.0. The Morgan fingerprint density at radius 1 is 1.50 bits per heavy atom. The molecule has 0 aliphatic carbocycles. The first-order chi connectivity index (χ1) is 8.92. The first-order valence-electron chi connectivity index (χ1n) is 6.16. The molecule has 1 aromatic rings. The fourth-order valence-electron chi connectivity index (χ4n) is 1.73. The van der Waals surface area contributed by atoms with E-state index in [2.05, 4.69) is 0 Å². The van der Waals surface area contributed by atoms with Crippen LogP contribution in [0.1, 0.15) is 29.8 Å². The molecule has 0 radical (unpaired) electrons. The Labute approximate surface area is 124 Å². The molecule has 1 aromatic carbocycles. The third-order valence-corrected chi connectivity index (χ3v) is 3.23. The quantitative estimate of drug-likeness (QED) is 0.665. The van der Waals surface area contributed by atoms with Gasteiger partial charge in [-0.15, -0.1) is 12.4 Å². The summed E-state index contributed by atoms with van der Waals surface area (Å²) in [6.07, 6.45) is 0.555. The fourth-order valence-corrected chi connectivity index (χ4v) is 1.73. The van der Waals surface area contributed by atoms with Gasteiger partial charge >= 0.3 is 0 Å². The Kier molecular flexibility index (Phi) is 7.17. The minimum Gasteiger partial charge on any atom is -0.338 e. The molecular weight excluding hydrogens is 282 g/mol. The summed E-state index contributed by atoms with van der Waals surface area (Å²) in [4.78, 5) is 24.2. The summed E-state index contributed by atoms with van der Waals surface area (Å²) in [6, 6.07) is 4.47. The van der Waals surface area contributed by atoms with Gasteiger partial charge in [-0.05, 0) is 19.4 Å². The maximum atomic E-state index is 12.2. The number of halogens is 1. The summed E-state index contributed by atoms with van der Waals surface area (Å²) < 4.78 is 0. The molecule has 0 saturated carbocycles. The summed E-state index contributed by atoms with van der Waals surface area (Å²) >= 11 is 0. The lowest BCUT2D eigenvalue weighted by atomic mass is 10.1. The molecule has 0 aromatic heterocycles. The molecular formula is C13H20ClN3O3. The number of nitro groups is 1. The van der Waals surface area contributed by atoms with Crippen molar-refractivity contribution in [3.8, 4) is 0 Å². The average Bonchev–Trinajstić information content (AvgIpc) is 2.43. The monoisotopic (exact) mass is 301 g/mol. The van der Waals surface area contributed by atoms with Gasteiger partial charge in [0.1, 0.15) is 0 Å². The zero-order valence-electron chi connectivity index (χ0n) is 11.8. The van der Waals surface area contributed by atoms with Gasteiger partial charge < -0.3 is 10.6 Å². The van der Waals surface area contributed by atoms with Gasteiger partial charge in [0.2, 0.25) is 0 Å². The number of nitrogens with two attached hydrogens (primary N) is 1. The number of hydrogen-bond acceptors (Lipinski definition) is 4. The number of likely N-dealkylation sites (N-methyl/N-ethyl adjacent to an activating group) is 1. The Balaban J connectivity index is 0.00000361. The van der Waals surface area contributed by atoms with Gasteiger partial charge in [0.15, 0.2) is 0 Å². The van der Waals surface area contributed by atoms with Crippen molar-refractivity contribution in [1.82, 2.24) is 4.90 Å².